The van der Waals surface area contributed by atoms with E-state index in [9.17, 15) is 27.2 Å². The third-order valence-electron chi connectivity index (χ3n) is 4.55. The highest BCUT2D eigenvalue weighted by molar-refractivity contribution is 5.89. The molecule has 0 bridgehead atoms. The molecule has 0 saturated carbocycles. The zero-order valence-corrected chi connectivity index (χ0v) is 16.7. The SMILES string of the molecule is CC(C)N(CCc1cc(F)ccc1C(F)(F)F)[C@H]1CCNC1.O=C(O)/C=C/C(=O)O. The molecule has 0 aromatic heterocycles. The van der Waals surface area contributed by atoms with Crippen molar-refractivity contribution in [2.45, 2.75) is 44.9 Å². The van der Waals surface area contributed by atoms with Crippen molar-refractivity contribution in [2.75, 3.05) is 19.6 Å². The van der Waals surface area contributed by atoms with Gasteiger partial charge in [0.2, 0.25) is 0 Å². The van der Waals surface area contributed by atoms with Gasteiger partial charge in [0, 0.05) is 37.3 Å². The van der Waals surface area contributed by atoms with Crippen LogP contribution in [-0.4, -0.2) is 58.8 Å². The fraction of sp³-hybridized carbons (Fsp3) is 0.500. The molecule has 1 fully saturated rings. The van der Waals surface area contributed by atoms with Crippen LogP contribution in [0.25, 0.3) is 0 Å². The number of carbonyl (C=O) groups is 2. The van der Waals surface area contributed by atoms with Crippen molar-refractivity contribution in [1.82, 2.24) is 10.2 Å². The highest BCUT2D eigenvalue weighted by Crippen LogP contribution is 2.32. The molecule has 1 atom stereocenters. The molecular weight excluding hydrogens is 408 g/mol. The summed E-state index contributed by atoms with van der Waals surface area (Å²) >= 11 is 0. The monoisotopic (exact) mass is 434 g/mol. The van der Waals surface area contributed by atoms with Crippen LogP contribution in [0.1, 0.15) is 31.4 Å². The van der Waals surface area contributed by atoms with Gasteiger partial charge in [-0.05, 0) is 57.0 Å². The Morgan fingerprint density at radius 3 is 2.27 bits per heavy atom. The Morgan fingerprint density at radius 1 is 1.23 bits per heavy atom. The molecule has 0 amide bonds. The maximum absolute atomic E-state index is 13.3. The number of halogens is 4. The van der Waals surface area contributed by atoms with Gasteiger partial charge in [-0.1, -0.05) is 0 Å². The Labute approximate surface area is 172 Å². The van der Waals surface area contributed by atoms with Crippen LogP contribution in [0.2, 0.25) is 0 Å². The van der Waals surface area contributed by atoms with E-state index >= 15 is 0 Å². The molecule has 0 aliphatic carbocycles. The minimum absolute atomic E-state index is 0.0316. The topological polar surface area (TPSA) is 89.9 Å². The van der Waals surface area contributed by atoms with E-state index in [0.717, 1.165) is 37.7 Å². The van der Waals surface area contributed by atoms with Crippen LogP contribution in [0.15, 0.2) is 30.4 Å². The number of aliphatic carboxylic acids is 2. The number of hydrogen-bond acceptors (Lipinski definition) is 4. The van der Waals surface area contributed by atoms with E-state index in [1.807, 2.05) is 13.8 Å². The second-order valence-electron chi connectivity index (χ2n) is 7.04. The van der Waals surface area contributed by atoms with Crippen LogP contribution in [0.5, 0.6) is 0 Å². The largest absolute Gasteiger partial charge is 0.478 e. The molecular formula is C20H26F4N2O4. The number of alkyl halides is 3. The zero-order chi connectivity index (χ0) is 22.9. The summed E-state index contributed by atoms with van der Waals surface area (Å²) in [5.41, 5.74) is -0.703. The van der Waals surface area contributed by atoms with Gasteiger partial charge in [0.1, 0.15) is 5.82 Å². The van der Waals surface area contributed by atoms with E-state index in [-0.39, 0.29) is 18.0 Å². The fourth-order valence-electron chi connectivity index (χ4n) is 3.22. The molecule has 3 N–H and O–H groups in total. The van der Waals surface area contributed by atoms with Crippen LogP contribution < -0.4 is 5.32 Å². The minimum Gasteiger partial charge on any atom is -0.478 e. The van der Waals surface area contributed by atoms with Crippen LogP contribution in [0, 0.1) is 5.82 Å². The quantitative estimate of drug-likeness (QED) is 0.451. The van der Waals surface area contributed by atoms with E-state index in [2.05, 4.69) is 10.2 Å². The Kier molecular flexibility index (Phi) is 9.94. The summed E-state index contributed by atoms with van der Waals surface area (Å²) in [4.78, 5) is 21.3. The first kappa shape index (κ1) is 25.6. The first-order valence-electron chi connectivity index (χ1n) is 9.37. The van der Waals surface area contributed by atoms with Gasteiger partial charge in [-0.2, -0.15) is 13.2 Å². The highest BCUT2D eigenvalue weighted by Gasteiger charge is 2.33. The van der Waals surface area contributed by atoms with Crippen molar-refractivity contribution in [3.63, 3.8) is 0 Å². The summed E-state index contributed by atoms with van der Waals surface area (Å²) in [6, 6.07) is 3.29. The molecule has 0 radical (unpaired) electrons. The molecule has 30 heavy (non-hydrogen) atoms. The van der Waals surface area contributed by atoms with Crippen LogP contribution in [0.3, 0.4) is 0 Å². The third kappa shape index (κ3) is 8.91. The molecule has 1 saturated heterocycles. The molecule has 10 heteroatoms. The first-order valence-corrected chi connectivity index (χ1v) is 9.37. The lowest BCUT2D eigenvalue weighted by Crippen LogP contribution is -2.43. The van der Waals surface area contributed by atoms with Crippen LogP contribution >= 0.6 is 0 Å². The van der Waals surface area contributed by atoms with Crippen molar-refractivity contribution in [1.29, 1.82) is 0 Å². The highest BCUT2D eigenvalue weighted by atomic mass is 19.4. The van der Waals surface area contributed by atoms with E-state index in [4.69, 9.17) is 10.2 Å². The van der Waals surface area contributed by atoms with Crippen molar-refractivity contribution in [2.24, 2.45) is 0 Å². The van der Waals surface area contributed by atoms with Crippen molar-refractivity contribution < 1.29 is 37.4 Å². The van der Waals surface area contributed by atoms with Crippen LogP contribution in [0.4, 0.5) is 17.6 Å². The molecule has 6 nitrogen and oxygen atoms in total. The molecule has 0 unspecified atom stereocenters. The Bertz CT molecular complexity index is 729. The summed E-state index contributed by atoms with van der Waals surface area (Å²) in [5.74, 6) is -3.14. The van der Waals surface area contributed by atoms with Gasteiger partial charge in [0.15, 0.2) is 0 Å². The molecule has 1 heterocycles. The number of rotatable bonds is 7. The van der Waals surface area contributed by atoms with Gasteiger partial charge >= 0.3 is 18.1 Å². The number of hydrogen-bond donors (Lipinski definition) is 3. The number of nitrogens with zero attached hydrogens (tertiary/aromatic N) is 1. The maximum atomic E-state index is 13.3. The molecule has 1 aromatic carbocycles. The van der Waals surface area contributed by atoms with Crippen molar-refractivity contribution in [3.05, 3.63) is 47.3 Å². The normalized spacial score (nSPS) is 16.7. The lowest BCUT2D eigenvalue weighted by Gasteiger charge is -2.32. The van der Waals surface area contributed by atoms with Gasteiger partial charge in [-0.3, -0.25) is 4.90 Å². The number of carboxylic acids is 2. The molecule has 2 rings (SSSR count). The van der Waals surface area contributed by atoms with Crippen molar-refractivity contribution >= 4 is 11.9 Å². The Hall–Kier alpha value is -2.46. The molecule has 1 aromatic rings. The van der Waals surface area contributed by atoms with Gasteiger partial charge in [-0.15, -0.1) is 0 Å². The summed E-state index contributed by atoms with van der Waals surface area (Å²) in [6.45, 7) is 6.36. The van der Waals surface area contributed by atoms with Crippen molar-refractivity contribution in [3.8, 4) is 0 Å². The lowest BCUT2D eigenvalue weighted by molar-refractivity contribution is -0.138. The summed E-state index contributed by atoms with van der Waals surface area (Å²) in [7, 11) is 0. The number of nitrogens with one attached hydrogen (secondary N) is 1. The molecule has 0 spiro atoms. The van der Waals surface area contributed by atoms with Gasteiger partial charge in [0.25, 0.3) is 0 Å². The second-order valence-corrected chi connectivity index (χ2v) is 7.04. The fourth-order valence-corrected chi connectivity index (χ4v) is 3.22. The predicted molar refractivity (Wildman–Crippen MR) is 103 cm³/mol. The van der Waals surface area contributed by atoms with E-state index in [0.29, 0.717) is 24.7 Å². The average molecular weight is 434 g/mol. The third-order valence-corrected chi connectivity index (χ3v) is 4.55. The smallest absolute Gasteiger partial charge is 0.416 e. The molecule has 168 valence electrons. The zero-order valence-electron chi connectivity index (χ0n) is 16.7. The Balaban J connectivity index is 0.000000479. The molecule has 1 aliphatic heterocycles. The van der Waals surface area contributed by atoms with Crippen LogP contribution in [-0.2, 0) is 22.2 Å². The van der Waals surface area contributed by atoms with Gasteiger partial charge in [-0.25, -0.2) is 14.0 Å². The Morgan fingerprint density at radius 2 is 1.83 bits per heavy atom. The van der Waals surface area contributed by atoms with E-state index < -0.39 is 29.5 Å². The summed E-state index contributed by atoms with van der Waals surface area (Å²) in [6.07, 6.45) is -2.14. The maximum Gasteiger partial charge on any atom is 0.416 e. The predicted octanol–water partition coefficient (Wildman–Crippen LogP) is 3.17. The van der Waals surface area contributed by atoms with Gasteiger partial charge < -0.3 is 15.5 Å². The van der Waals surface area contributed by atoms with E-state index in [1.165, 1.54) is 0 Å². The lowest BCUT2D eigenvalue weighted by atomic mass is 10.0. The van der Waals surface area contributed by atoms with Gasteiger partial charge in [0.05, 0.1) is 5.56 Å². The number of benzene rings is 1. The van der Waals surface area contributed by atoms with E-state index in [1.54, 1.807) is 0 Å². The average Bonchev–Trinajstić information content (AvgIpc) is 3.13. The first-order chi connectivity index (χ1) is 13.9. The second kappa shape index (κ2) is 11.7. The summed E-state index contributed by atoms with van der Waals surface area (Å²) < 4.78 is 52.4. The molecule has 1 aliphatic rings. The minimum atomic E-state index is -4.44. The summed E-state index contributed by atoms with van der Waals surface area (Å²) in [5, 5.41) is 18.9. The number of carboxylic acid groups (broad SMARTS) is 2. The standard InChI is InChI=1S/C16H22F4N2.C4H4O4/c1-11(2)22(14-5-7-21-10-14)8-6-12-9-13(17)3-4-15(12)16(18,19)20;5-3(6)1-2-4(7)8/h3-4,9,11,14,21H,5-8,10H2,1-2H3;1-2H,(H,5,6)(H,7,8)/b;2-1+/t14-;/m0./s1.